The fourth-order valence-electron chi connectivity index (χ4n) is 4.60. The van der Waals surface area contributed by atoms with Gasteiger partial charge in [-0.2, -0.15) is 0 Å². The Morgan fingerprint density at radius 1 is 0.975 bits per heavy atom. The van der Waals surface area contributed by atoms with Crippen molar-refractivity contribution in [3.05, 3.63) is 95.2 Å². The average molecular weight is 564 g/mol. The predicted octanol–water partition coefficient (Wildman–Crippen LogP) is 6.38. The fourth-order valence-corrected chi connectivity index (χ4v) is 5.62. The molecule has 8 nitrogen and oxygen atoms in total. The van der Waals surface area contributed by atoms with Crippen LogP contribution in [0.1, 0.15) is 24.9 Å². The second kappa shape index (κ2) is 11.8. The topological polar surface area (TPSA) is 95.1 Å². The molecule has 0 bridgehead atoms. The maximum atomic E-state index is 13.9. The van der Waals surface area contributed by atoms with Gasteiger partial charge in [0.25, 0.3) is 5.91 Å². The summed E-state index contributed by atoms with van der Waals surface area (Å²) in [5.74, 6) is -0.219. The summed E-state index contributed by atoms with van der Waals surface area (Å²) in [5.41, 5.74) is 2.99. The number of amidine groups is 1. The summed E-state index contributed by atoms with van der Waals surface area (Å²) in [4.78, 5) is 32.9. The molecule has 5 rings (SSSR count). The molecule has 0 saturated carbocycles. The molecule has 0 aromatic heterocycles. The summed E-state index contributed by atoms with van der Waals surface area (Å²) in [7, 11) is 1.58. The summed E-state index contributed by atoms with van der Waals surface area (Å²) >= 11 is 1.66. The van der Waals surface area contributed by atoms with Crippen molar-refractivity contribution in [2.75, 3.05) is 35.4 Å². The molecule has 2 aliphatic heterocycles. The number of carbonyl (C=O) groups is 2. The quantitative estimate of drug-likeness (QED) is 0.324. The predicted molar refractivity (Wildman–Crippen MR) is 154 cm³/mol. The highest BCUT2D eigenvalue weighted by Crippen LogP contribution is 2.40. The van der Waals surface area contributed by atoms with E-state index in [1.165, 1.54) is 0 Å². The highest BCUT2D eigenvalue weighted by atomic mass is 32.2. The molecule has 206 valence electrons. The summed E-state index contributed by atoms with van der Waals surface area (Å²) < 4.78 is 32.3. The van der Waals surface area contributed by atoms with Crippen LogP contribution >= 0.6 is 11.8 Å². The van der Waals surface area contributed by atoms with Crippen LogP contribution in [-0.2, 0) is 4.79 Å². The number of anilines is 3. The van der Waals surface area contributed by atoms with Gasteiger partial charge in [-0.25, -0.2) is 18.6 Å². The summed E-state index contributed by atoms with van der Waals surface area (Å²) in [6.07, 6.45) is 0.951. The molecule has 1 unspecified atom stereocenters. The van der Waals surface area contributed by atoms with E-state index in [1.54, 1.807) is 55.3 Å². The molecule has 40 heavy (non-hydrogen) atoms. The molecular weight excluding hydrogens is 536 g/mol. The molecule has 11 heteroatoms. The minimum atomic E-state index is -0.873. The minimum absolute atomic E-state index is 0.139. The van der Waals surface area contributed by atoms with Crippen LogP contribution in [0.25, 0.3) is 0 Å². The zero-order valence-electron chi connectivity index (χ0n) is 21.8. The number of amides is 3. The molecule has 0 radical (unpaired) electrons. The number of halogens is 2. The lowest BCUT2D eigenvalue weighted by Crippen LogP contribution is -2.43. The third-order valence-electron chi connectivity index (χ3n) is 6.51. The molecule has 2 heterocycles. The van der Waals surface area contributed by atoms with Gasteiger partial charge in [0.15, 0.2) is 5.17 Å². The monoisotopic (exact) mass is 563 g/mol. The minimum Gasteiger partial charge on any atom is -0.497 e. The van der Waals surface area contributed by atoms with Gasteiger partial charge >= 0.3 is 6.03 Å². The fraction of sp³-hybridized carbons (Fsp3) is 0.207. The van der Waals surface area contributed by atoms with Crippen LogP contribution < -0.4 is 20.7 Å². The zero-order valence-corrected chi connectivity index (χ0v) is 22.6. The van der Waals surface area contributed by atoms with Gasteiger partial charge in [0.1, 0.15) is 17.4 Å². The number of methoxy groups -OCH3 is 1. The number of aliphatic imine (C=N–C) groups is 1. The number of hydrogen-bond acceptors (Lipinski definition) is 6. The van der Waals surface area contributed by atoms with Crippen LogP contribution in [-0.4, -0.2) is 41.4 Å². The number of nitrogens with one attached hydrogen (secondary N) is 3. The third-order valence-corrected chi connectivity index (χ3v) is 7.59. The summed E-state index contributed by atoms with van der Waals surface area (Å²) in [6.45, 7) is 2.58. The van der Waals surface area contributed by atoms with Crippen molar-refractivity contribution in [2.45, 2.75) is 19.4 Å². The number of ether oxygens (including phenoxy) is 1. The van der Waals surface area contributed by atoms with Gasteiger partial charge in [-0.15, -0.1) is 0 Å². The SMILES string of the molecule is COc1ccc(NC(=O)C2=C(C)N=C3SCCCN3C2c2ccc(NC(=O)Nc3ccc(F)cc3F)cc2)cc1. The molecule has 1 fully saturated rings. The van der Waals surface area contributed by atoms with Gasteiger partial charge in [0, 0.05) is 29.7 Å². The Hall–Kier alpha value is -4.38. The molecule has 3 aromatic carbocycles. The van der Waals surface area contributed by atoms with Crippen LogP contribution in [0.15, 0.2) is 83.0 Å². The Labute approximate surface area is 234 Å². The number of benzene rings is 3. The van der Waals surface area contributed by atoms with Gasteiger partial charge in [-0.3, -0.25) is 4.79 Å². The molecule has 3 aromatic rings. The van der Waals surface area contributed by atoms with Crippen LogP contribution in [0.4, 0.5) is 30.6 Å². The molecule has 0 aliphatic carbocycles. The number of rotatable bonds is 6. The lowest BCUT2D eigenvalue weighted by Gasteiger charge is -2.41. The summed E-state index contributed by atoms with van der Waals surface area (Å²) in [6, 6.07) is 16.1. The number of allylic oxidation sites excluding steroid dienone is 1. The van der Waals surface area contributed by atoms with E-state index in [0.29, 0.717) is 34.5 Å². The number of nitrogens with zero attached hydrogens (tertiary/aromatic N) is 2. The maximum absolute atomic E-state index is 13.9. The van der Waals surface area contributed by atoms with E-state index in [9.17, 15) is 18.4 Å². The third kappa shape index (κ3) is 5.94. The van der Waals surface area contributed by atoms with Crippen molar-refractivity contribution >= 4 is 45.9 Å². The highest BCUT2D eigenvalue weighted by Gasteiger charge is 2.37. The summed E-state index contributed by atoms with van der Waals surface area (Å²) in [5, 5.41) is 8.88. The van der Waals surface area contributed by atoms with Gasteiger partial charge in [-0.05, 0) is 67.4 Å². The molecule has 1 atom stereocenters. The first-order valence-corrected chi connectivity index (χ1v) is 13.6. The molecule has 0 spiro atoms. The van der Waals surface area contributed by atoms with E-state index in [0.717, 1.165) is 41.6 Å². The van der Waals surface area contributed by atoms with Crippen molar-refractivity contribution in [3.63, 3.8) is 0 Å². The second-order valence-corrected chi connectivity index (χ2v) is 10.3. The molecule has 2 aliphatic rings. The lowest BCUT2D eigenvalue weighted by atomic mass is 9.93. The molecule has 1 saturated heterocycles. The van der Waals surface area contributed by atoms with Crippen LogP contribution in [0.3, 0.4) is 0 Å². The normalized spacial score (nSPS) is 16.6. The lowest BCUT2D eigenvalue weighted by molar-refractivity contribution is -0.113. The van der Waals surface area contributed by atoms with Gasteiger partial charge in [0.2, 0.25) is 0 Å². The van der Waals surface area contributed by atoms with E-state index >= 15 is 0 Å². The molecule has 3 N–H and O–H groups in total. The van der Waals surface area contributed by atoms with Crippen molar-refractivity contribution in [1.82, 2.24) is 4.90 Å². The Bertz CT molecular complexity index is 1490. The van der Waals surface area contributed by atoms with Crippen LogP contribution in [0.5, 0.6) is 5.75 Å². The number of urea groups is 1. The van der Waals surface area contributed by atoms with Gasteiger partial charge < -0.3 is 25.6 Å². The number of fused-ring (bicyclic) bond motifs is 1. The standard InChI is InChI=1S/C29H27F2N5O3S/c1-17-25(27(37)33-20-9-11-22(39-2)12-10-20)26(36-14-3-15-40-29(36)32-17)18-4-7-21(8-5-18)34-28(38)35-24-13-6-19(30)16-23(24)31/h4-13,16,26H,3,14-15H2,1-2H3,(H,33,37)(H2,34,35,38). The van der Waals surface area contributed by atoms with Gasteiger partial charge in [-0.1, -0.05) is 23.9 Å². The smallest absolute Gasteiger partial charge is 0.323 e. The van der Waals surface area contributed by atoms with Crippen LogP contribution in [0, 0.1) is 11.6 Å². The van der Waals surface area contributed by atoms with E-state index < -0.39 is 17.7 Å². The van der Waals surface area contributed by atoms with Gasteiger partial charge in [0.05, 0.1) is 30.1 Å². The van der Waals surface area contributed by atoms with E-state index in [4.69, 9.17) is 9.73 Å². The van der Waals surface area contributed by atoms with E-state index in [-0.39, 0.29) is 17.6 Å². The first-order chi connectivity index (χ1) is 19.3. The van der Waals surface area contributed by atoms with Crippen molar-refractivity contribution < 1.29 is 23.1 Å². The second-order valence-electron chi connectivity index (χ2n) is 9.20. The maximum Gasteiger partial charge on any atom is 0.323 e. The average Bonchev–Trinajstić information content (AvgIpc) is 2.94. The van der Waals surface area contributed by atoms with E-state index in [2.05, 4.69) is 20.9 Å². The molecule has 3 amide bonds. The largest absolute Gasteiger partial charge is 0.497 e. The highest BCUT2D eigenvalue weighted by molar-refractivity contribution is 8.13. The van der Waals surface area contributed by atoms with Crippen LogP contribution in [0.2, 0.25) is 0 Å². The Kier molecular flexibility index (Phi) is 8.01. The van der Waals surface area contributed by atoms with Crippen molar-refractivity contribution in [2.24, 2.45) is 4.99 Å². The first kappa shape index (κ1) is 27.2. The molecular formula is C29H27F2N5O3S. The zero-order chi connectivity index (χ0) is 28.2. The first-order valence-electron chi connectivity index (χ1n) is 12.6. The van der Waals surface area contributed by atoms with Crippen molar-refractivity contribution in [1.29, 1.82) is 0 Å². The van der Waals surface area contributed by atoms with E-state index in [1.807, 2.05) is 19.1 Å². The Morgan fingerprint density at radius 2 is 1.68 bits per heavy atom. The Balaban J connectivity index is 1.37. The number of thioether (sulfide) groups is 1. The Morgan fingerprint density at radius 3 is 2.38 bits per heavy atom. The number of carbonyl (C=O) groups excluding carboxylic acids is 2. The number of hydrogen-bond donors (Lipinski definition) is 3. The van der Waals surface area contributed by atoms with Crippen molar-refractivity contribution in [3.8, 4) is 5.75 Å².